The number of rotatable bonds is 6. The van der Waals surface area contributed by atoms with E-state index in [1.165, 1.54) is 50.5 Å². The van der Waals surface area contributed by atoms with Crippen LogP contribution in [0.15, 0.2) is 11.6 Å². The Kier molecular flexibility index (Phi) is 7.95. The highest BCUT2D eigenvalue weighted by Crippen LogP contribution is 2.67. The Morgan fingerprint density at radius 1 is 0.969 bits per heavy atom. The van der Waals surface area contributed by atoms with E-state index in [2.05, 4.69) is 47.6 Å². The van der Waals surface area contributed by atoms with Crippen LogP contribution in [-0.2, 0) is 0 Å². The third-order valence-corrected chi connectivity index (χ3v) is 11.4. The number of aliphatic hydroxyl groups is 2. The molecule has 3 heteroatoms. The molecule has 3 saturated carbocycles. The maximum atomic E-state index is 10.7. The molecule has 0 aromatic heterocycles. The number of fused-ring (bicyclic) bond motifs is 5. The van der Waals surface area contributed by atoms with E-state index in [4.69, 9.17) is 0 Å². The second-order valence-corrected chi connectivity index (χ2v) is 12.9. The van der Waals surface area contributed by atoms with Crippen LogP contribution in [0.25, 0.3) is 0 Å². The SMILES string of the molecule is CC[C@H](CC[C@@H](C)[C@H]1CC[C@H]2[C@@H]3CC=C4C(O)C(O)CC[C@]4(C)[C@H]3CC[C@]12C)C(C)C.O. The minimum Gasteiger partial charge on any atom is -0.412 e. The zero-order valence-corrected chi connectivity index (χ0v) is 21.7. The zero-order valence-electron chi connectivity index (χ0n) is 21.7. The monoisotopic (exact) mass is 448 g/mol. The standard InChI is InChI=1S/C29H50O2.H2O/c1-7-20(18(2)3)9-8-19(4)22-12-13-23-21-10-11-25-27(31)26(30)15-17-29(25,6)24(21)14-16-28(22,23)5;/h11,18-24,26-27,30-31H,7-10,12-17H2,1-6H3;1H2/t19-,20-,21+,22-,23+,24+,26?,27?,28-,29-;/m1./s1. The van der Waals surface area contributed by atoms with Gasteiger partial charge in [0, 0.05) is 0 Å². The fourth-order valence-corrected chi connectivity index (χ4v) is 9.38. The van der Waals surface area contributed by atoms with Gasteiger partial charge in [0.25, 0.3) is 0 Å². The van der Waals surface area contributed by atoms with Crippen molar-refractivity contribution in [3.63, 3.8) is 0 Å². The maximum Gasteiger partial charge on any atom is 0.101 e. The van der Waals surface area contributed by atoms with Crippen molar-refractivity contribution < 1.29 is 15.7 Å². The average Bonchev–Trinajstić information content (AvgIpc) is 3.08. The summed E-state index contributed by atoms with van der Waals surface area (Å²) in [7, 11) is 0. The Bertz CT molecular complexity index is 671. The smallest absolute Gasteiger partial charge is 0.101 e. The van der Waals surface area contributed by atoms with Gasteiger partial charge in [-0.05, 0) is 109 Å². The van der Waals surface area contributed by atoms with Crippen LogP contribution in [-0.4, -0.2) is 27.9 Å². The fourth-order valence-electron chi connectivity index (χ4n) is 9.38. The van der Waals surface area contributed by atoms with Gasteiger partial charge in [-0.15, -0.1) is 0 Å². The average molecular weight is 449 g/mol. The van der Waals surface area contributed by atoms with Crippen LogP contribution >= 0.6 is 0 Å². The molecule has 0 bridgehead atoms. The second kappa shape index (κ2) is 9.70. The van der Waals surface area contributed by atoms with Crippen molar-refractivity contribution in [1.29, 1.82) is 0 Å². The number of allylic oxidation sites excluding steroid dienone is 1. The summed E-state index contributed by atoms with van der Waals surface area (Å²) in [5.41, 5.74) is 1.80. The molecular weight excluding hydrogens is 396 g/mol. The Morgan fingerprint density at radius 2 is 1.69 bits per heavy atom. The van der Waals surface area contributed by atoms with E-state index in [-0.39, 0.29) is 10.9 Å². The van der Waals surface area contributed by atoms with Crippen molar-refractivity contribution >= 4 is 0 Å². The summed E-state index contributed by atoms with van der Waals surface area (Å²) in [6.07, 6.45) is 13.8. The second-order valence-electron chi connectivity index (χ2n) is 12.9. The van der Waals surface area contributed by atoms with Crippen molar-refractivity contribution in [3.8, 4) is 0 Å². The lowest BCUT2D eigenvalue weighted by molar-refractivity contribution is -0.0802. The zero-order chi connectivity index (χ0) is 22.6. The molecule has 0 aliphatic heterocycles. The molecule has 32 heavy (non-hydrogen) atoms. The molecule has 4 rings (SSSR count). The quantitative estimate of drug-likeness (QED) is 0.477. The van der Waals surface area contributed by atoms with Crippen LogP contribution < -0.4 is 0 Å². The van der Waals surface area contributed by atoms with Crippen LogP contribution in [0.3, 0.4) is 0 Å². The molecule has 186 valence electrons. The topological polar surface area (TPSA) is 72.0 Å². The third-order valence-electron chi connectivity index (χ3n) is 11.4. The van der Waals surface area contributed by atoms with Gasteiger partial charge in [-0.1, -0.05) is 60.5 Å². The summed E-state index contributed by atoms with van der Waals surface area (Å²) >= 11 is 0. The highest BCUT2D eigenvalue weighted by atomic mass is 16.3. The van der Waals surface area contributed by atoms with E-state index >= 15 is 0 Å². The van der Waals surface area contributed by atoms with E-state index in [0.29, 0.717) is 11.3 Å². The van der Waals surface area contributed by atoms with Crippen LogP contribution in [0.1, 0.15) is 106 Å². The third kappa shape index (κ3) is 4.13. The van der Waals surface area contributed by atoms with Crippen LogP contribution in [0.5, 0.6) is 0 Å². The van der Waals surface area contributed by atoms with Crippen LogP contribution in [0, 0.1) is 52.3 Å². The first-order valence-electron chi connectivity index (χ1n) is 13.7. The van der Waals surface area contributed by atoms with Gasteiger partial charge in [0.05, 0.1) is 6.10 Å². The minimum atomic E-state index is -0.628. The summed E-state index contributed by atoms with van der Waals surface area (Å²) in [5.74, 6) is 5.77. The molecule has 3 fully saturated rings. The molecule has 4 aliphatic carbocycles. The van der Waals surface area contributed by atoms with Gasteiger partial charge in [0.2, 0.25) is 0 Å². The van der Waals surface area contributed by atoms with Crippen molar-refractivity contribution in [3.05, 3.63) is 11.6 Å². The fraction of sp³-hybridized carbons (Fsp3) is 0.931. The lowest BCUT2D eigenvalue weighted by Gasteiger charge is -2.59. The Hall–Kier alpha value is -0.380. The predicted octanol–water partition coefficient (Wildman–Crippen LogP) is 6.17. The van der Waals surface area contributed by atoms with Crippen molar-refractivity contribution in [2.45, 2.75) is 118 Å². The molecular formula is C29H52O3. The summed E-state index contributed by atoms with van der Waals surface area (Å²) in [4.78, 5) is 0. The van der Waals surface area contributed by atoms with E-state index < -0.39 is 12.2 Å². The van der Waals surface area contributed by atoms with E-state index in [1.54, 1.807) is 0 Å². The molecule has 0 saturated heterocycles. The number of hydrogen-bond donors (Lipinski definition) is 2. The maximum absolute atomic E-state index is 10.7. The van der Waals surface area contributed by atoms with Crippen molar-refractivity contribution in [2.75, 3.05) is 0 Å². The molecule has 4 N–H and O–H groups in total. The number of hydrogen-bond acceptors (Lipinski definition) is 2. The molecule has 0 heterocycles. The van der Waals surface area contributed by atoms with E-state index in [0.717, 1.165) is 54.8 Å². The van der Waals surface area contributed by atoms with Crippen molar-refractivity contribution in [1.82, 2.24) is 0 Å². The van der Waals surface area contributed by atoms with Gasteiger partial charge in [-0.2, -0.15) is 0 Å². The summed E-state index contributed by atoms with van der Waals surface area (Å²) in [6.45, 7) is 14.8. The molecule has 0 spiro atoms. The summed E-state index contributed by atoms with van der Waals surface area (Å²) < 4.78 is 0. The number of aliphatic hydroxyl groups excluding tert-OH is 2. The summed E-state index contributed by atoms with van der Waals surface area (Å²) in [5, 5.41) is 21.0. The molecule has 0 aromatic rings. The van der Waals surface area contributed by atoms with Crippen molar-refractivity contribution in [2.24, 2.45) is 52.3 Å². The lowest BCUT2D eigenvalue weighted by atomic mass is 9.46. The minimum absolute atomic E-state index is 0. The van der Waals surface area contributed by atoms with Gasteiger partial charge in [-0.25, -0.2) is 0 Å². The lowest BCUT2D eigenvalue weighted by Crippen LogP contribution is -2.53. The van der Waals surface area contributed by atoms with Crippen LogP contribution in [0.2, 0.25) is 0 Å². The Morgan fingerprint density at radius 3 is 2.34 bits per heavy atom. The highest BCUT2D eigenvalue weighted by molar-refractivity contribution is 5.29. The molecule has 0 radical (unpaired) electrons. The highest BCUT2D eigenvalue weighted by Gasteiger charge is 2.60. The summed E-state index contributed by atoms with van der Waals surface area (Å²) in [6, 6.07) is 0. The van der Waals surface area contributed by atoms with E-state index in [1.807, 2.05) is 0 Å². The largest absolute Gasteiger partial charge is 0.412 e. The van der Waals surface area contributed by atoms with E-state index in [9.17, 15) is 10.2 Å². The molecule has 2 unspecified atom stereocenters. The molecule has 4 aliphatic rings. The first-order chi connectivity index (χ1) is 14.6. The molecule has 10 atom stereocenters. The van der Waals surface area contributed by atoms with Gasteiger partial charge in [0.15, 0.2) is 0 Å². The van der Waals surface area contributed by atoms with Gasteiger partial charge < -0.3 is 15.7 Å². The first kappa shape index (κ1) is 26.2. The Labute approximate surface area is 197 Å². The van der Waals surface area contributed by atoms with Crippen LogP contribution in [0.4, 0.5) is 0 Å². The predicted molar refractivity (Wildman–Crippen MR) is 133 cm³/mol. The molecule has 0 aromatic carbocycles. The van der Waals surface area contributed by atoms with Gasteiger partial charge in [0.1, 0.15) is 6.10 Å². The Balaban J connectivity index is 0.00000289. The molecule has 0 amide bonds. The normalized spacial score (nSPS) is 45.2. The van der Waals surface area contributed by atoms with Gasteiger partial charge >= 0.3 is 0 Å². The molecule has 3 nitrogen and oxygen atoms in total. The first-order valence-corrected chi connectivity index (χ1v) is 13.7. The van der Waals surface area contributed by atoms with Gasteiger partial charge in [-0.3, -0.25) is 0 Å².